The molecule has 1 fully saturated rings. The summed E-state index contributed by atoms with van der Waals surface area (Å²) in [6.07, 6.45) is 0. The van der Waals surface area contributed by atoms with Gasteiger partial charge in [-0.2, -0.15) is 18.0 Å². The first-order valence-electron chi connectivity index (χ1n) is 8.03. The lowest BCUT2D eigenvalue weighted by Gasteiger charge is -2.33. The Morgan fingerprint density at radius 3 is 2.67 bits per heavy atom. The Hall–Kier alpha value is -1.70. The van der Waals surface area contributed by atoms with Gasteiger partial charge in [-0.25, -0.2) is 8.42 Å². The number of nitrogens with zero attached hydrogens (tertiary/aromatic N) is 6. The highest BCUT2D eigenvalue weighted by molar-refractivity contribution is 7.89. The fourth-order valence-corrected chi connectivity index (χ4v) is 5.07. The molecule has 1 saturated heterocycles. The van der Waals surface area contributed by atoms with Gasteiger partial charge in [0.1, 0.15) is 16.3 Å². The molecule has 2 aliphatic rings. The lowest BCUT2D eigenvalue weighted by Crippen LogP contribution is -2.48. The molecule has 0 radical (unpaired) electrons. The molecular formula is C14H18ClN7O3S2. The second kappa shape index (κ2) is 8.12. The van der Waals surface area contributed by atoms with Gasteiger partial charge in [-0.1, -0.05) is 11.2 Å². The van der Waals surface area contributed by atoms with Gasteiger partial charge in [0.15, 0.2) is 5.82 Å². The molecule has 0 amide bonds. The van der Waals surface area contributed by atoms with Crippen molar-refractivity contribution < 1.29 is 12.9 Å². The first-order chi connectivity index (χ1) is 12.6. The quantitative estimate of drug-likeness (QED) is 0.641. The van der Waals surface area contributed by atoms with Gasteiger partial charge in [-0.05, 0) is 12.1 Å². The number of piperazine rings is 1. The summed E-state index contributed by atoms with van der Waals surface area (Å²) < 4.78 is 40.7. The standard InChI is InChI=1S/C14H17N7O3S2.ClH/c15-8-13-16-12(17-24-13)9-20-4-6-21(7-5-20)26(22,23)11-3-1-2-10-14(11)19-25-18-10;/h1-3H,4-9,15H2;1H. The third kappa shape index (κ3) is 3.95. The Balaban J connectivity index is 0.00000210. The first-order valence-corrected chi connectivity index (χ1v) is 10.2. The normalized spacial score (nSPS) is 17.4. The van der Waals surface area contributed by atoms with Gasteiger partial charge >= 0.3 is 0 Å². The van der Waals surface area contributed by atoms with Crippen LogP contribution in [0.3, 0.4) is 0 Å². The molecule has 3 heterocycles. The van der Waals surface area contributed by atoms with Crippen molar-refractivity contribution in [2.24, 2.45) is 14.5 Å². The number of fused-ring (bicyclic) bond motifs is 1. The zero-order valence-electron chi connectivity index (χ0n) is 14.2. The fourth-order valence-electron chi connectivity index (χ4n) is 2.89. The number of nitrogens with two attached hydrogens (primary N) is 1. The van der Waals surface area contributed by atoms with Crippen molar-refractivity contribution >= 4 is 45.2 Å². The van der Waals surface area contributed by atoms with E-state index in [1.54, 1.807) is 18.2 Å². The molecule has 0 atom stereocenters. The van der Waals surface area contributed by atoms with Crippen molar-refractivity contribution in [3.8, 4) is 0 Å². The summed E-state index contributed by atoms with van der Waals surface area (Å²) in [4.78, 5) is 6.47. The number of aromatic nitrogens is 2. The van der Waals surface area contributed by atoms with Gasteiger partial charge in [0, 0.05) is 26.2 Å². The van der Waals surface area contributed by atoms with Crippen molar-refractivity contribution in [1.29, 1.82) is 0 Å². The van der Waals surface area contributed by atoms with Gasteiger partial charge in [-0.15, -0.1) is 12.4 Å². The topological polar surface area (TPSA) is 130 Å². The van der Waals surface area contributed by atoms with Crippen molar-refractivity contribution in [2.75, 3.05) is 26.2 Å². The summed E-state index contributed by atoms with van der Waals surface area (Å²) in [5.41, 5.74) is 6.49. The molecular weight excluding hydrogens is 414 g/mol. The molecule has 1 aromatic carbocycles. The molecule has 4 rings (SSSR count). The largest absolute Gasteiger partial charge is 0.338 e. The maximum Gasteiger partial charge on any atom is 0.245 e. The van der Waals surface area contributed by atoms with Crippen LogP contribution in [-0.4, -0.2) is 53.9 Å². The third-order valence-electron chi connectivity index (χ3n) is 4.25. The minimum Gasteiger partial charge on any atom is -0.338 e. The molecule has 13 heteroatoms. The van der Waals surface area contributed by atoms with E-state index in [-0.39, 0.29) is 23.8 Å². The van der Waals surface area contributed by atoms with Crippen LogP contribution in [0.25, 0.3) is 0 Å². The fraction of sp³-hybridized carbons (Fsp3) is 0.429. The molecule has 10 nitrogen and oxygen atoms in total. The van der Waals surface area contributed by atoms with E-state index in [0.717, 1.165) is 11.4 Å². The summed E-state index contributed by atoms with van der Waals surface area (Å²) in [7, 11) is -3.61. The molecule has 0 aliphatic carbocycles. The molecule has 0 unspecified atom stereocenters. The molecule has 2 aromatic rings. The molecule has 2 aliphatic heterocycles. The Labute approximate surface area is 166 Å². The zero-order chi connectivity index (χ0) is 18.1. The number of halogens is 1. The average molecular weight is 432 g/mol. The highest BCUT2D eigenvalue weighted by atomic mass is 35.5. The van der Waals surface area contributed by atoms with E-state index in [1.807, 2.05) is 0 Å². The number of hydrogen-bond acceptors (Lipinski definition) is 9. The highest BCUT2D eigenvalue weighted by Gasteiger charge is 2.32. The Bertz CT molecular complexity index is 996. The molecule has 2 N–H and O–H groups in total. The maximum atomic E-state index is 13.0. The van der Waals surface area contributed by atoms with Crippen LogP contribution >= 0.6 is 12.4 Å². The van der Waals surface area contributed by atoms with Crippen molar-refractivity contribution in [1.82, 2.24) is 19.3 Å². The van der Waals surface area contributed by atoms with E-state index < -0.39 is 10.0 Å². The van der Waals surface area contributed by atoms with Gasteiger partial charge in [0.05, 0.1) is 24.4 Å². The zero-order valence-corrected chi connectivity index (χ0v) is 16.6. The lowest BCUT2D eigenvalue weighted by atomic mass is 10.3. The average Bonchev–Trinajstić information content (AvgIpc) is 3.30. The summed E-state index contributed by atoms with van der Waals surface area (Å²) in [5.74, 6) is 0.950. The van der Waals surface area contributed by atoms with Crippen LogP contribution in [0.5, 0.6) is 0 Å². The van der Waals surface area contributed by atoms with E-state index in [4.69, 9.17) is 10.3 Å². The summed E-state index contributed by atoms with van der Waals surface area (Å²) in [6, 6.07) is 5.04. The van der Waals surface area contributed by atoms with Crippen LogP contribution in [0.4, 0.5) is 11.4 Å². The van der Waals surface area contributed by atoms with E-state index in [9.17, 15) is 8.42 Å². The van der Waals surface area contributed by atoms with Crippen LogP contribution in [0, 0.1) is 0 Å². The highest BCUT2D eigenvalue weighted by Crippen LogP contribution is 2.38. The molecule has 0 bridgehead atoms. The number of rotatable bonds is 5. The van der Waals surface area contributed by atoms with Crippen LogP contribution in [0.2, 0.25) is 0 Å². The predicted molar refractivity (Wildman–Crippen MR) is 101 cm³/mol. The van der Waals surface area contributed by atoms with Crippen LogP contribution < -0.4 is 5.73 Å². The van der Waals surface area contributed by atoms with Crippen molar-refractivity contribution in [3.63, 3.8) is 0 Å². The van der Waals surface area contributed by atoms with E-state index in [0.29, 0.717) is 55.8 Å². The van der Waals surface area contributed by atoms with Crippen LogP contribution in [0.1, 0.15) is 11.7 Å². The van der Waals surface area contributed by atoms with Crippen LogP contribution in [0.15, 0.2) is 36.3 Å². The van der Waals surface area contributed by atoms with Gasteiger partial charge < -0.3 is 10.3 Å². The van der Waals surface area contributed by atoms with E-state index in [1.165, 1.54) is 4.31 Å². The van der Waals surface area contributed by atoms with Crippen molar-refractivity contribution in [2.45, 2.75) is 18.0 Å². The predicted octanol–water partition coefficient (Wildman–Crippen LogP) is 1.18. The van der Waals surface area contributed by atoms with E-state index >= 15 is 0 Å². The monoisotopic (exact) mass is 431 g/mol. The summed E-state index contributed by atoms with van der Waals surface area (Å²) >= 11 is 1.01. The second-order valence-corrected chi connectivity index (χ2v) is 8.31. The van der Waals surface area contributed by atoms with Gasteiger partial charge in [0.2, 0.25) is 15.9 Å². The Morgan fingerprint density at radius 2 is 1.96 bits per heavy atom. The molecule has 0 spiro atoms. The molecule has 146 valence electrons. The minimum atomic E-state index is -3.61. The molecule has 27 heavy (non-hydrogen) atoms. The van der Waals surface area contributed by atoms with Gasteiger partial charge in [0.25, 0.3) is 0 Å². The van der Waals surface area contributed by atoms with Crippen LogP contribution in [-0.2, 0) is 34.5 Å². The summed E-state index contributed by atoms with van der Waals surface area (Å²) in [5, 5.41) is 3.87. The minimum absolute atomic E-state index is 0. The van der Waals surface area contributed by atoms with Crippen molar-refractivity contribution in [3.05, 3.63) is 29.9 Å². The lowest BCUT2D eigenvalue weighted by molar-refractivity contribution is 0.176. The second-order valence-electron chi connectivity index (χ2n) is 5.88. The van der Waals surface area contributed by atoms with E-state index in [2.05, 4.69) is 23.8 Å². The molecule has 1 aromatic heterocycles. The number of benzene rings is 1. The Morgan fingerprint density at radius 1 is 1.19 bits per heavy atom. The first kappa shape index (κ1) is 20.0. The SMILES string of the molecule is Cl.NCc1nc(CN2CCN(S(=O)(=O)c3cccc4c3N=S=N4)CC2)no1. The smallest absolute Gasteiger partial charge is 0.245 e. The maximum absolute atomic E-state index is 13.0. The Kier molecular flexibility index (Phi) is 6.03. The number of sulfonamides is 1. The molecule has 0 saturated carbocycles. The summed E-state index contributed by atoms with van der Waals surface area (Å²) in [6.45, 7) is 2.64. The third-order valence-corrected chi connectivity index (χ3v) is 6.72. The van der Waals surface area contributed by atoms with Gasteiger partial charge in [-0.3, -0.25) is 4.90 Å². The number of hydrogen-bond donors (Lipinski definition) is 1.